The molecular weight excluding hydrogens is 178 g/mol. The topological polar surface area (TPSA) is 21.7 Å². The van der Waals surface area contributed by atoms with Crippen LogP contribution in [0.3, 0.4) is 0 Å². The molecule has 2 heterocycles. The second kappa shape index (κ2) is 5.69. The Bertz CT molecular complexity index is 147. The first-order chi connectivity index (χ1) is 6.85. The molecule has 2 aliphatic rings. The molecule has 1 spiro atoms. The zero-order valence-electron chi connectivity index (χ0n) is 9.71. The molecule has 3 heteroatoms. The summed E-state index contributed by atoms with van der Waals surface area (Å²) in [7, 11) is 0. The maximum atomic E-state index is 5.71. The summed E-state index contributed by atoms with van der Waals surface area (Å²) in [5.74, 6) is 0. The van der Waals surface area contributed by atoms with Gasteiger partial charge in [0.15, 0.2) is 0 Å². The largest absolute Gasteiger partial charge is 0.376 e. The summed E-state index contributed by atoms with van der Waals surface area (Å²) in [6, 6.07) is 0. The molecule has 14 heavy (non-hydrogen) atoms. The van der Waals surface area contributed by atoms with E-state index in [0.717, 1.165) is 32.9 Å². The molecule has 2 aliphatic heterocycles. The summed E-state index contributed by atoms with van der Waals surface area (Å²) in [4.78, 5) is 2.43. The molecule has 0 N–H and O–H groups in total. The first kappa shape index (κ1) is 12.0. The first-order valence-electron chi connectivity index (χ1n) is 5.79. The highest BCUT2D eigenvalue weighted by molar-refractivity contribution is 4.98. The molecule has 0 atom stereocenters. The average Bonchev–Trinajstić information content (AvgIpc) is 2.21. The van der Waals surface area contributed by atoms with Crippen molar-refractivity contribution in [2.45, 2.75) is 32.8 Å². The van der Waals surface area contributed by atoms with Gasteiger partial charge < -0.3 is 9.47 Å². The third-order valence-corrected chi connectivity index (χ3v) is 2.56. The summed E-state index contributed by atoms with van der Waals surface area (Å²) < 4.78 is 11.1. The van der Waals surface area contributed by atoms with E-state index in [9.17, 15) is 0 Å². The van der Waals surface area contributed by atoms with Gasteiger partial charge in [0.2, 0.25) is 0 Å². The highest BCUT2D eigenvalue weighted by Crippen LogP contribution is 2.27. The van der Waals surface area contributed by atoms with E-state index in [2.05, 4.69) is 11.8 Å². The first-order valence-corrected chi connectivity index (χ1v) is 5.79. The Kier molecular flexibility index (Phi) is 4.85. The van der Waals surface area contributed by atoms with Crippen molar-refractivity contribution in [2.24, 2.45) is 0 Å². The van der Waals surface area contributed by atoms with Crippen LogP contribution >= 0.6 is 0 Å². The van der Waals surface area contributed by atoms with E-state index in [1.807, 2.05) is 13.8 Å². The normalized spacial score (nSPS) is 25.1. The summed E-state index contributed by atoms with van der Waals surface area (Å²) in [5.41, 5.74) is 0.0768. The van der Waals surface area contributed by atoms with Crippen molar-refractivity contribution in [3.63, 3.8) is 0 Å². The number of rotatable bonds is 2. The van der Waals surface area contributed by atoms with Gasteiger partial charge in [-0.15, -0.1) is 0 Å². The molecule has 0 aromatic heterocycles. The van der Waals surface area contributed by atoms with E-state index in [1.54, 1.807) is 0 Å². The van der Waals surface area contributed by atoms with Gasteiger partial charge in [0.05, 0.1) is 19.8 Å². The minimum absolute atomic E-state index is 0.0768. The van der Waals surface area contributed by atoms with Crippen LogP contribution in [0.25, 0.3) is 0 Å². The van der Waals surface area contributed by atoms with Gasteiger partial charge in [0.25, 0.3) is 0 Å². The van der Waals surface area contributed by atoms with Crippen molar-refractivity contribution in [3.05, 3.63) is 0 Å². The van der Waals surface area contributed by atoms with Crippen LogP contribution in [0.5, 0.6) is 0 Å². The van der Waals surface area contributed by atoms with Crippen LogP contribution in [-0.4, -0.2) is 50.0 Å². The molecule has 0 unspecified atom stereocenters. The van der Waals surface area contributed by atoms with Gasteiger partial charge in [0, 0.05) is 13.1 Å². The van der Waals surface area contributed by atoms with E-state index >= 15 is 0 Å². The van der Waals surface area contributed by atoms with Crippen molar-refractivity contribution in [2.75, 3.05) is 39.5 Å². The van der Waals surface area contributed by atoms with Gasteiger partial charge in [-0.25, -0.2) is 0 Å². The van der Waals surface area contributed by atoms with Gasteiger partial charge in [-0.3, -0.25) is 4.90 Å². The molecule has 0 aromatic carbocycles. The number of nitrogens with zero attached hydrogens (tertiary/aromatic N) is 1. The van der Waals surface area contributed by atoms with E-state index in [1.165, 1.54) is 13.0 Å². The van der Waals surface area contributed by atoms with Crippen LogP contribution in [0.1, 0.15) is 27.2 Å². The second-order valence-corrected chi connectivity index (χ2v) is 3.79. The molecule has 3 nitrogen and oxygen atoms in total. The molecule has 2 fully saturated rings. The maximum absolute atomic E-state index is 5.71. The van der Waals surface area contributed by atoms with E-state index < -0.39 is 0 Å². The Balaban J connectivity index is 0.000000461. The average molecular weight is 201 g/mol. The van der Waals surface area contributed by atoms with Crippen molar-refractivity contribution in [1.82, 2.24) is 4.90 Å². The molecule has 84 valence electrons. The fourth-order valence-corrected chi connectivity index (χ4v) is 2.04. The lowest BCUT2D eigenvalue weighted by molar-refractivity contribution is -0.216. The predicted octanol–water partition coefficient (Wildman–Crippen LogP) is 1.52. The molecule has 0 aliphatic carbocycles. The Hall–Kier alpha value is -0.120. The maximum Gasteiger partial charge on any atom is 0.117 e. The molecule has 0 amide bonds. The van der Waals surface area contributed by atoms with Crippen LogP contribution in [0.2, 0.25) is 0 Å². The lowest BCUT2D eigenvalue weighted by atomic mass is 9.94. The summed E-state index contributed by atoms with van der Waals surface area (Å²) in [6.45, 7) is 11.9. The lowest BCUT2D eigenvalue weighted by Gasteiger charge is -2.51. The standard InChI is InChI=1S/C9H17NO2.C2H6/c1-2-3-10-6-9(7-10)8-11-4-5-12-9;1-2/h2-8H2,1H3;1-2H3. The Morgan fingerprint density at radius 3 is 2.43 bits per heavy atom. The minimum atomic E-state index is 0.0768. The van der Waals surface area contributed by atoms with Gasteiger partial charge >= 0.3 is 0 Å². The van der Waals surface area contributed by atoms with Crippen LogP contribution in [0.4, 0.5) is 0 Å². The van der Waals surface area contributed by atoms with Crippen LogP contribution < -0.4 is 0 Å². The van der Waals surface area contributed by atoms with Gasteiger partial charge in [-0.2, -0.15) is 0 Å². The fraction of sp³-hybridized carbons (Fsp3) is 1.00. The molecule has 2 rings (SSSR count). The predicted molar refractivity (Wildman–Crippen MR) is 57.6 cm³/mol. The molecule has 0 bridgehead atoms. The number of likely N-dealkylation sites (tertiary alicyclic amines) is 1. The van der Waals surface area contributed by atoms with Gasteiger partial charge in [-0.1, -0.05) is 20.8 Å². The van der Waals surface area contributed by atoms with Crippen molar-refractivity contribution in [3.8, 4) is 0 Å². The van der Waals surface area contributed by atoms with Crippen LogP contribution in [-0.2, 0) is 9.47 Å². The van der Waals surface area contributed by atoms with Gasteiger partial charge in [0.1, 0.15) is 5.60 Å². The zero-order chi connectivity index (χ0) is 10.4. The quantitative estimate of drug-likeness (QED) is 0.676. The monoisotopic (exact) mass is 201 g/mol. The van der Waals surface area contributed by atoms with Crippen LogP contribution in [0.15, 0.2) is 0 Å². The number of hydrogen-bond donors (Lipinski definition) is 0. The van der Waals surface area contributed by atoms with Crippen molar-refractivity contribution >= 4 is 0 Å². The Labute approximate surface area is 87.4 Å². The molecule has 0 aromatic rings. The zero-order valence-corrected chi connectivity index (χ0v) is 9.71. The molecule has 2 saturated heterocycles. The number of ether oxygens (including phenoxy) is 2. The van der Waals surface area contributed by atoms with E-state index in [-0.39, 0.29) is 5.60 Å². The summed E-state index contributed by atoms with van der Waals surface area (Å²) in [6.07, 6.45) is 1.23. The van der Waals surface area contributed by atoms with E-state index in [4.69, 9.17) is 9.47 Å². The van der Waals surface area contributed by atoms with Crippen molar-refractivity contribution in [1.29, 1.82) is 0 Å². The Morgan fingerprint density at radius 1 is 1.21 bits per heavy atom. The van der Waals surface area contributed by atoms with Gasteiger partial charge in [-0.05, 0) is 13.0 Å². The van der Waals surface area contributed by atoms with E-state index in [0.29, 0.717) is 0 Å². The molecule has 0 radical (unpaired) electrons. The Morgan fingerprint density at radius 2 is 1.93 bits per heavy atom. The van der Waals surface area contributed by atoms with Crippen molar-refractivity contribution < 1.29 is 9.47 Å². The third-order valence-electron chi connectivity index (χ3n) is 2.56. The molecule has 0 saturated carbocycles. The fourth-order valence-electron chi connectivity index (χ4n) is 2.04. The highest BCUT2D eigenvalue weighted by atomic mass is 16.6. The minimum Gasteiger partial charge on any atom is -0.376 e. The third kappa shape index (κ3) is 2.69. The summed E-state index contributed by atoms with van der Waals surface area (Å²) >= 11 is 0. The molecular formula is C11H23NO2. The second-order valence-electron chi connectivity index (χ2n) is 3.79. The smallest absolute Gasteiger partial charge is 0.117 e. The number of hydrogen-bond acceptors (Lipinski definition) is 3. The lowest BCUT2D eigenvalue weighted by Crippen LogP contribution is -2.67. The van der Waals surface area contributed by atoms with Crippen LogP contribution in [0, 0.1) is 0 Å². The highest BCUT2D eigenvalue weighted by Gasteiger charge is 2.45. The summed E-state index contributed by atoms with van der Waals surface area (Å²) in [5, 5.41) is 0. The SMILES string of the molecule is CC.CCCN1CC2(COCCO2)C1.